The van der Waals surface area contributed by atoms with Crippen molar-refractivity contribution >= 4 is 28.9 Å². The topological polar surface area (TPSA) is 139 Å². The van der Waals surface area contributed by atoms with Crippen molar-refractivity contribution in [2.45, 2.75) is 26.8 Å². The third kappa shape index (κ3) is 4.75. The first-order valence-electron chi connectivity index (χ1n) is 9.09. The van der Waals surface area contributed by atoms with E-state index in [1.165, 1.54) is 12.4 Å². The van der Waals surface area contributed by atoms with Crippen molar-refractivity contribution in [2.75, 3.05) is 23.7 Å². The molecule has 0 atom stereocenters. The number of anilines is 2. The van der Waals surface area contributed by atoms with E-state index in [9.17, 15) is 14.9 Å². The van der Waals surface area contributed by atoms with Crippen molar-refractivity contribution < 1.29 is 9.72 Å². The van der Waals surface area contributed by atoms with Crippen molar-refractivity contribution in [1.82, 2.24) is 24.9 Å². The van der Waals surface area contributed by atoms with Gasteiger partial charge in [-0.2, -0.15) is 14.6 Å². The average molecular weight is 398 g/mol. The lowest BCUT2D eigenvalue weighted by molar-refractivity contribution is -0.384. The Morgan fingerprint density at radius 3 is 2.72 bits per heavy atom. The van der Waals surface area contributed by atoms with Crippen LogP contribution >= 0.6 is 0 Å². The van der Waals surface area contributed by atoms with E-state index in [2.05, 4.69) is 31.0 Å². The number of benzene rings is 1. The van der Waals surface area contributed by atoms with E-state index in [4.69, 9.17) is 0 Å². The van der Waals surface area contributed by atoms with Gasteiger partial charge in [0, 0.05) is 42.5 Å². The number of nitrogens with one attached hydrogen (secondary N) is 3. The summed E-state index contributed by atoms with van der Waals surface area (Å²) in [4.78, 5) is 31.3. The number of nitrogens with zero attached hydrogens (tertiary/aromatic N) is 5. The number of amides is 1. The Bertz CT molecular complexity index is 1050. The Hall–Kier alpha value is -3.76. The summed E-state index contributed by atoms with van der Waals surface area (Å²) in [6.45, 7) is 6.40. The van der Waals surface area contributed by atoms with Gasteiger partial charge >= 0.3 is 0 Å². The Labute approximate surface area is 166 Å². The molecule has 2 aromatic heterocycles. The van der Waals surface area contributed by atoms with Gasteiger partial charge in [0.15, 0.2) is 0 Å². The fourth-order valence-electron chi connectivity index (χ4n) is 2.76. The van der Waals surface area contributed by atoms with Crippen LogP contribution in [0.4, 0.5) is 17.2 Å². The summed E-state index contributed by atoms with van der Waals surface area (Å²) in [6.07, 6.45) is 1.42. The lowest BCUT2D eigenvalue weighted by Crippen LogP contribution is -2.30. The first kappa shape index (κ1) is 20.0. The number of hydrogen-bond acceptors (Lipinski definition) is 8. The minimum absolute atomic E-state index is 0.0568. The maximum absolute atomic E-state index is 12.1. The van der Waals surface area contributed by atoms with Gasteiger partial charge < -0.3 is 16.0 Å². The number of fused-ring (bicyclic) bond motifs is 1. The summed E-state index contributed by atoms with van der Waals surface area (Å²) in [7, 11) is 0. The molecule has 0 saturated heterocycles. The predicted molar refractivity (Wildman–Crippen MR) is 108 cm³/mol. The van der Waals surface area contributed by atoms with Gasteiger partial charge in [0.1, 0.15) is 17.8 Å². The standard InChI is InChI=1S/C18H22N8O3/c1-11(2)23-17(27)13-4-5-14(15(9-13)26(28)29)19-6-7-20-16-8-12(3)24-18-21-10-22-25(16)18/h4-5,8-11,19-20H,6-7H2,1-3H3,(H,23,27). The van der Waals surface area contributed by atoms with Crippen LogP contribution in [0.2, 0.25) is 0 Å². The van der Waals surface area contributed by atoms with Crippen LogP contribution in [0.5, 0.6) is 0 Å². The zero-order valence-corrected chi connectivity index (χ0v) is 16.3. The second kappa shape index (κ2) is 8.50. The molecule has 2 heterocycles. The SMILES string of the molecule is Cc1cc(NCCNc2ccc(C(=O)NC(C)C)cc2[N+](=O)[O-])n2ncnc2n1. The van der Waals surface area contributed by atoms with Crippen LogP contribution in [0.1, 0.15) is 29.9 Å². The van der Waals surface area contributed by atoms with Crippen molar-refractivity contribution in [3.8, 4) is 0 Å². The monoisotopic (exact) mass is 398 g/mol. The van der Waals surface area contributed by atoms with Crippen LogP contribution in [0.3, 0.4) is 0 Å². The molecule has 0 fully saturated rings. The van der Waals surface area contributed by atoms with E-state index in [1.54, 1.807) is 16.6 Å². The molecule has 29 heavy (non-hydrogen) atoms. The molecule has 3 rings (SSSR count). The number of nitro groups is 1. The van der Waals surface area contributed by atoms with Gasteiger partial charge in [0.25, 0.3) is 17.4 Å². The smallest absolute Gasteiger partial charge is 0.293 e. The van der Waals surface area contributed by atoms with Gasteiger partial charge in [-0.05, 0) is 32.9 Å². The highest BCUT2D eigenvalue weighted by Crippen LogP contribution is 2.25. The Balaban J connectivity index is 1.66. The van der Waals surface area contributed by atoms with E-state index in [0.29, 0.717) is 24.6 Å². The summed E-state index contributed by atoms with van der Waals surface area (Å²) in [5, 5.41) is 24.5. The van der Waals surface area contributed by atoms with Gasteiger partial charge in [-0.3, -0.25) is 14.9 Å². The van der Waals surface area contributed by atoms with Crippen LogP contribution in [0, 0.1) is 17.0 Å². The number of nitro benzene ring substituents is 1. The molecular weight excluding hydrogens is 376 g/mol. The molecule has 0 saturated carbocycles. The molecule has 0 aliphatic carbocycles. The summed E-state index contributed by atoms with van der Waals surface area (Å²) >= 11 is 0. The normalized spacial score (nSPS) is 10.9. The molecule has 0 aliphatic rings. The van der Waals surface area contributed by atoms with E-state index < -0.39 is 4.92 Å². The van der Waals surface area contributed by atoms with Gasteiger partial charge in [-0.25, -0.2) is 4.98 Å². The summed E-state index contributed by atoms with van der Waals surface area (Å²) < 4.78 is 1.58. The molecule has 1 amide bonds. The molecule has 152 valence electrons. The zero-order chi connectivity index (χ0) is 21.0. The number of aromatic nitrogens is 4. The highest BCUT2D eigenvalue weighted by Gasteiger charge is 2.17. The minimum atomic E-state index is -0.507. The largest absolute Gasteiger partial charge is 0.378 e. The van der Waals surface area contributed by atoms with Crippen LogP contribution < -0.4 is 16.0 Å². The third-order valence-corrected chi connectivity index (χ3v) is 4.00. The fourth-order valence-corrected chi connectivity index (χ4v) is 2.76. The van der Waals surface area contributed by atoms with Crippen LogP contribution in [-0.2, 0) is 0 Å². The summed E-state index contributed by atoms with van der Waals surface area (Å²) in [5.41, 5.74) is 1.23. The molecule has 0 unspecified atom stereocenters. The summed E-state index contributed by atoms with van der Waals surface area (Å²) in [5.74, 6) is 0.870. The Kier molecular flexibility index (Phi) is 5.86. The molecule has 0 bridgehead atoms. The van der Waals surface area contributed by atoms with Gasteiger partial charge in [0.2, 0.25) is 0 Å². The lowest BCUT2D eigenvalue weighted by Gasteiger charge is -2.12. The Morgan fingerprint density at radius 2 is 2.00 bits per heavy atom. The second-order valence-corrected chi connectivity index (χ2v) is 6.73. The highest BCUT2D eigenvalue weighted by molar-refractivity contribution is 5.95. The van der Waals surface area contributed by atoms with E-state index >= 15 is 0 Å². The van der Waals surface area contributed by atoms with Crippen LogP contribution in [-0.4, -0.2) is 49.5 Å². The van der Waals surface area contributed by atoms with Gasteiger partial charge in [0.05, 0.1) is 4.92 Å². The number of hydrogen-bond donors (Lipinski definition) is 3. The van der Waals surface area contributed by atoms with Gasteiger partial charge in [-0.15, -0.1) is 0 Å². The molecule has 0 aliphatic heterocycles. The molecule has 11 nitrogen and oxygen atoms in total. The van der Waals surface area contributed by atoms with E-state index in [1.807, 2.05) is 26.8 Å². The molecule has 3 N–H and O–H groups in total. The van der Waals surface area contributed by atoms with E-state index in [0.717, 1.165) is 11.5 Å². The molecule has 0 radical (unpaired) electrons. The zero-order valence-electron chi connectivity index (χ0n) is 16.3. The van der Waals surface area contributed by atoms with Crippen molar-refractivity contribution in [3.05, 3.63) is 52.0 Å². The maximum atomic E-state index is 12.1. The number of carbonyl (C=O) groups excluding carboxylic acids is 1. The molecule has 1 aromatic carbocycles. The molecule has 11 heteroatoms. The fraction of sp³-hybridized carbons (Fsp3) is 0.333. The van der Waals surface area contributed by atoms with Crippen LogP contribution in [0.15, 0.2) is 30.6 Å². The highest BCUT2D eigenvalue weighted by atomic mass is 16.6. The minimum Gasteiger partial charge on any atom is -0.378 e. The van der Waals surface area contributed by atoms with Crippen molar-refractivity contribution in [3.63, 3.8) is 0 Å². The lowest BCUT2D eigenvalue weighted by atomic mass is 10.1. The third-order valence-electron chi connectivity index (χ3n) is 4.00. The first-order chi connectivity index (χ1) is 13.8. The predicted octanol–water partition coefficient (Wildman–Crippen LogP) is 2.00. The molecule has 3 aromatic rings. The van der Waals surface area contributed by atoms with Crippen LogP contribution in [0.25, 0.3) is 5.78 Å². The first-order valence-corrected chi connectivity index (χ1v) is 9.09. The molecule has 0 spiro atoms. The Morgan fingerprint density at radius 1 is 1.24 bits per heavy atom. The molecular formula is C18H22N8O3. The van der Waals surface area contributed by atoms with E-state index in [-0.39, 0.29) is 23.2 Å². The summed E-state index contributed by atoms with van der Waals surface area (Å²) in [6, 6.07) is 6.16. The number of rotatable bonds is 8. The number of aryl methyl sites for hydroxylation is 1. The van der Waals surface area contributed by atoms with Crippen molar-refractivity contribution in [2.24, 2.45) is 0 Å². The van der Waals surface area contributed by atoms with Gasteiger partial charge in [-0.1, -0.05) is 0 Å². The van der Waals surface area contributed by atoms with Crippen molar-refractivity contribution in [1.29, 1.82) is 0 Å². The quantitative estimate of drug-likeness (QED) is 0.297. The maximum Gasteiger partial charge on any atom is 0.293 e. The number of carbonyl (C=O) groups is 1. The second-order valence-electron chi connectivity index (χ2n) is 6.73. The average Bonchev–Trinajstić information content (AvgIpc) is 3.12.